The molecule has 3 aromatic carbocycles. The van der Waals surface area contributed by atoms with Gasteiger partial charge in [0.1, 0.15) is 54.9 Å². The Morgan fingerprint density at radius 2 is 1.33 bits per heavy atom. The molecular formula is C82H116N9O23P. The summed E-state index contributed by atoms with van der Waals surface area (Å²) in [4.78, 5) is 149. The summed E-state index contributed by atoms with van der Waals surface area (Å²) in [6.45, 7) is 2.45. The van der Waals surface area contributed by atoms with Crippen LogP contribution in [-0.2, 0) is 69.5 Å². The molecule has 8 rings (SSSR count). The first-order chi connectivity index (χ1) is 55.3. The van der Waals surface area contributed by atoms with Crippen LogP contribution in [0.4, 0.5) is 11.6 Å². The number of unbranched alkanes of at least 4 members (excludes halogenated alkanes) is 24. The molecular weight excluding hydrogens is 1510 g/mol. The van der Waals surface area contributed by atoms with Crippen LogP contribution in [0, 0.1) is 0 Å². The van der Waals surface area contributed by atoms with Gasteiger partial charge in [0.25, 0.3) is 11.5 Å². The number of aliphatic hydroxyl groups is 3. The molecule has 33 heteroatoms. The fraction of sp³-hybridized carbons (Fsp3) is 0.610. The van der Waals surface area contributed by atoms with Crippen LogP contribution in [0.1, 0.15) is 291 Å². The third kappa shape index (κ3) is 27.4. The van der Waals surface area contributed by atoms with E-state index < -0.39 is 190 Å². The number of amides is 3. The highest BCUT2D eigenvalue weighted by molar-refractivity contribution is 7.47. The monoisotopic (exact) mass is 1630 g/mol. The standard InChI is InChI=1S/C82H116N9O23P/c1-5-7-9-11-13-15-17-19-21-23-25-27-29-34-64(95)109-48-55(113-65(96)35-30-28-26-24-22-20-18-16-14-12-10-8-6-2)49-110-115(106,107)111-50-86-79(103)58(89-78(102)52-36-38-53(39-37-52)84-45-54-46-85-77-71(87-54)80(104)91-81(83)90-77)40-41-63(94)88-59-42-66(112-51(3)72(59)97)114-61-44-82(105,62(93)47-92)43-57-68(61)76(101)70-69(74(57)99)73(98)56-32-31-33-60(108-4)67(56)75(70)100/h31-33,36-39,46,51,55,58-59,61,66,72,84,92,97,99,101,105H,5-30,34-35,40-45,47-50H2,1-4H3,(H,86,103)(H,88,94)(H,89,102)(H,106,107)(H3,83,85,90,91,104)/t51-,55+,58-,59-,61-,66-,72+,82-/m0/s1. The molecule has 0 saturated carbocycles. The molecule has 0 radical (unpaired) electrons. The number of hydrogen-bond acceptors (Lipinski definition) is 27. The van der Waals surface area contributed by atoms with Gasteiger partial charge in [-0.1, -0.05) is 180 Å². The summed E-state index contributed by atoms with van der Waals surface area (Å²) in [6.07, 6.45) is 20.4. The number of aromatic hydroxyl groups is 2. The predicted molar refractivity (Wildman–Crippen MR) is 424 cm³/mol. The molecule has 632 valence electrons. The number of aliphatic hydroxyl groups excluding tert-OH is 2. The number of aromatic amines is 1. The number of phosphoric ester groups is 1. The molecule has 1 fully saturated rings. The van der Waals surface area contributed by atoms with Crippen LogP contribution < -0.4 is 37.3 Å². The van der Waals surface area contributed by atoms with Gasteiger partial charge in [0.15, 0.2) is 35.1 Å². The number of rotatable bonds is 52. The summed E-state index contributed by atoms with van der Waals surface area (Å²) < 4.78 is 52.9. The van der Waals surface area contributed by atoms with E-state index in [-0.39, 0.29) is 70.1 Å². The van der Waals surface area contributed by atoms with Crippen molar-refractivity contribution in [1.29, 1.82) is 0 Å². The number of hydrogen-bond donors (Lipinski definition) is 12. The lowest BCUT2D eigenvalue weighted by molar-refractivity contribution is -0.249. The third-order valence-electron chi connectivity index (χ3n) is 21.1. The number of phosphoric acid groups is 1. The van der Waals surface area contributed by atoms with E-state index in [1.54, 1.807) is 0 Å². The number of nitrogens with one attached hydrogen (secondary N) is 5. The lowest BCUT2D eigenvalue weighted by atomic mass is 9.72. The number of carbonyl (C=O) groups is 8. The van der Waals surface area contributed by atoms with Crippen LogP contribution >= 0.6 is 7.82 Å². The van der Waals surface area contributed by atoms with E-state index >= 15 is 0 Å². The van der Waals surface area contributed by atoms with Crippen molar-refractivity contribution in [2.75, 3.05) is 44.7 Å². The number of ether oxygens (including phenoxy) is 5. The van der Waals surface area contributed by atoms with Gasteiger partial charge in [-0.2, -0.15) is 4.98 Å². The molecule has 1 unspecified atom stereocenters. The number of methoxy groups -OCH3 is 1. The summed E-state index contributed by atoms with van der Waals surface area (Å²) in [5, 5.41) is 68.1. The number of phenolic OH excluding ortho intramolecular Hbond substituents is 2. The molecule has 13 N–H and O–H groups in total. The van der Waals surface area contributed by atoms with E-state index in [1.165, 1.54) is 159 Å². The zero-order chi connectivity index (χ0) is 83.0. The fourth-order valence-electron chi connectivity index (χ4n) is 14.6. The second kappa shape index (κ2) is 46.2. The summed E-state index contributed by atoms with van der Waals surface area (Å²) >= 11 is 0. The van der Waals surface area contributed by atoms with Crippen LogP contribution in [0.15, 0.2) is 53.5 Å². The van der Waals surface area contributed by atoms with Gasteiger partial charge in [-0.15, -0.1) is 0 Å². The quantitative estimate of drug-likeness (QED) is 0.00555. The fourth-order valence-corrected chi connectivity index (χ4v) is 15.3. The number of H-pyrrole nitrogens is 1. The van der Waals surface area contributed by atoms with Gasteiger partial charge >= 0.3 is 19.8 Å². The average molecular weight is 1630 g/mol. The number of fused-ring (bicyclic) bond motifs is 4. The van der Waals surface area contributed by atoms with Crippen molar-refractivity contribution in [3.05, 3.63) is 104 Å². The van der Waals surface area contributed by atoms with Crippen LogP contribution in [0.25, 0.3) is 11.2 Å². The van der Waals surface area contributed by atoms with Gasteiger partial charge in [0.2, 0.25) is 23.5 Å². The highest BCUT2D eigenvalue weighted by Gasteiger charge is 2.51. The highest BCUT2D eigenvalue weighted by atomic mass is 31.2. The number of nitrogens with zero attached hydrogens (tertiary/aromatic N) is 3. The highest BCUT2D eigenvalue weighted by Crippen LogP contribution is 2.53. The first-order valence-corrected chi connectivity index (χ1v) is 42.2. The number of carbonyl (C=O) groups excluding carboxylic acids is 8. The predicted octanol–water partition coefficient (Wildman–Crippen LogP) is 10.6. The Hall–Kier alpha value is -8.85. The Bertz CT molecular complexity index is 4200. The summed E-state index contributed by atoms with van der Waals surface area (Å²) in [5.74, 6) is -8.62. The van der Waals surface area contributed by atoms with Crippen molar-refractivity contribution in [3.8, 4) is 17.2 Å². The van der Waals surface area contributed by atoms with Crippen molar-refractivity contribution in [2.45, 2.75) is 288 Å². The van der Waals surface area contributed by atoms with Gasteiger partial charge in [-0.25, -0.2) is 14.5 Å². The SMILES string of the molecule is CCCCCCCCCCCCCCCC(=O)OC[C@H](COP(=O)(O)OCNC(=O)[C@H](CCC(=O)N[C@H]1C[C@H](O[C@H]2C[C@](O)(C(=O)CO)Cc3c(O)c4c(c(O)c32)C(=O)c2c(OC)cccc2C4=O)O[C@@H](C)[C@H]1O)NC(=O)c1ccc(NCc2cnc3nc(N)[nH]c(=O)c3n2)cc1)OC(=O)CCCCCCCCCCCCCCC. The minimum absolute atomic E-state index is 0.0133. The van der Waals surface area contributed by atoms with Gasteiger partial charge in [0.05, 0.1) is 67.1 Å². The van der Waals surface area contributed by atoms with Crippen molar-refractivity contribution < 1.29 is 106 Å². The van der Waals surface area contributed by atoms with Gasteiger partial charge in [-0.05, 0) is 56.5 Å². The number of Topliss-reactive ketones (excluding diaryl/α,β-unsaturated/α-hetero) is 1. The molecule has 2 aromatic heterocycles. The lowest BCUT2D eigenvalue weighted by Gasteiger charge is -2.43. The Morgan fingerprint density at radius 3 is 1.93 bits per heavy atom. The third-order valence-corrected chi connectivity index (χ3v) is 22.0. The Balaban J connectivity index is 0.907. The van der Waals surface area contributed by atoms with Crippen molar-refractivity contribution in [3.63, 3.8) is 0 Å². The Kier molecular flexibility index (Phi) is 36.8. The summed E-state index contributed by atoms with van der Waals surface area (Å²) in [5.41, 5.74) is 1.13. The van der Waals surface area contributed by atoms with E-state index in [9.17, 15) is 78.1 Å². The van der Waals surface area contributed by atoms with E-state index in [1.807, 2.05) is 0 Å². The molecule has 9 atom stereocenters. The maximum atomic E-state index is 14.3. The lowest BCUT2D eigenvalue weighted by Crippen LogP contribution is -2.56. The number of nitrogens with two attached hydrogens (primary N) is 1. The molecule has 3 amide bonds. The Labute approximate surface area is 669 Å². The number of ketones is 3. The average Bonchev–Trinajstić information content (AvgIpc) is 0.710. The summed E-state index contributed by atoms with van der Waals surface area (Å²) in [6, 6.07) is 7.22. The largest absolute Gasteiger partial charge is 0.507 e. The number of nitrogen functional groups attached to an aromatic ring is 1. The first-order valence-electron chi connectivity index (χ1n) is 40.7. The van der Waals surface area contributed by atoms with Gasteiger partial charge < -0.3 is 81.1 Å². The van der Waals surface area contributed by atoms with Crippen LogP contribution in [0.5, 0.6) is 17.2 Å². The minimum atomic E-state index is -5.15. The molecule has 5 aromatic rings. The van der Waals surface area contributed by atoms with E-state index in [2.05, 4.69) is 55.1 Å². The maximum Gasteiger partial charge on any atom is 0.474 e. The zero-order valence-corrected chi connectivity index (χ0v) is 67.4. The van der Waals surface area contributed by atoms with Crippen LogP contribution in [-0.4, -0.2) is 173 Å². The van der Waals surface area contributed by atoms with Crippen LogP contribution in [0.2, 0.25) is 0 Å². The van der Waals surface area contributed by atoms with E-state index in [0.29, 0.717) is 24.2 Å². The number of phenols is 2. The van der Waals surface area contributed by atoms with Crippen molar-refractivity contribution >= 4 is 77.6 Å². The van der Waals surface area contributed by atoms with E-state index in [0.717, 1.165) is 57.8 Å². The minimum Gasteiger partial charge on any atom is -0.507 e. The first kappa shape index (κ1) is 91.7. The van der Waals surface area contributed by atoms with E-state index in [4.69, 9.17) is 38.5 Å². The maximum absolute atomic E-state index is 14.3. The molecule has 0 bridgehead atoms. The van der Waals surface area contributed by atoms with Gasteiger partial charge in [0, 0.05) is 66.5 Å². The molecule has 32 nitrogen and oxygen atoms in total. The molecule has 115 heavy (non-hydrogen) atoms. The molecule has 3 heterocycles. The van der Waals surface area contributed by atoms with Crippen molar-refractivity contribution in [2.24, 2.45) is 0 Å². The molecule has 0 spiro atoms. The molecule has 2 aliphatic carbocycles. The normalized spacial score (nSPS) is 18.8. The number of anilines is 2. The second-order valence-corrected chi connectivity index (χ2v) is 31.5. The van der Waals surface area contributed by atoms with Crippen LogP contribution in [0.3, 0.4) is 0 Å². The van der Waals surface area contributed by atoms with Crippen molar-refractivity contribution in [1.82, 2.24) is 35.9 Å². The number of benzene rings is 3. The number of aromatic nitrogens is 4. The molecule has 3 aliphatic rings. The topological polar surface area (TPSA) is 485 Å². The smallest absolute Gasteiger partial charge is 0.474 e. The van der Waals surface area contributed by atoms with Gasteiger partial charge in [-0.3, -0.25) is 57.2 Å². The second-order valence-electron chi connectivity index (χ2n) is 30.0. The molecule has 1 aliphatic heterocycles. The zero-order valence-electron chi connectivity index (χ0n) is 66.5. The number of esters is 2. The molecule has 1 saturated heterocycles. The Morgan fingerprint density at radius 1 is 0.739 bits per heavy atom. The summed E-state index contributed by atoms with van der Waals surface area (Å²) in [7, 11) is -3.88.